The molecule has 0 bridgehead atoms. The fraction of sp³-hybridized carbons (Fsp3) is 0.900. The molecule has 0 N–H and O–H groups in total. The van der Waals surface area contributed by atoms with Gasteiger partial charge in [0.05, 0.1) is 6.54 Å². The van der Waals surface area contributed by atoms with Crippen LogP contribution in [0.5, 0.6) is 0 Å². The van der Waals surface area contributed by atoms with E-state index in [4.69, 9.17) is 0 Å². The van der Waals surface area contributed by atoms with Crippen LogP contribution >= 0.6 is 0 Å². The molecule has 0 amide bonds. The van der Waals surface area contributed by atoms with Crippen LogP contribution in [-0.4, -0.2) is 43.0 Å². The molecule has 0 spiro atoms. The van der Waals surface area contributed by atoms with E-state index >= 15 is 0 Å². The number of carbonyl (C=O) groups is 1. The minimum Gasteiger partial charge on any atom is -0.458 e. The molecule has 1 aliphatic rings. The normalized spacial score (nSPS) is 18.9. The lowest BCUT2D eigenvalue weighted by Crippen LogP contribution is -2.36. The predicted octanol–water partition coefficient (Wildman–Crippen LogP) is 1.67. The molecular weight excluding hydrogens is 204 g/mol. The largest absolute Gasteiger partial charge is 0.458 e. The Kier molecular flexibility index (Phi) is 4.45. The van der Waals surface area contributed by atoms with Crippen LogP contribution < -0.4 is 0 Å². The Morgan fingerprint density at radius 1 is 1.33 bits per heavy atom. The lowest BCUT2D eigenvalue weighted by atomic mass is 10.1. The van der Waals surface area contributed by atoms with Gasteiger partial charge in [0.15, 0.2) is 6.61 Å². The molecule has 15 heavy (non-hydrogen) atoms. The Bertz CT molecular complexity index is 210. The summed E-state index contributed by atoms with van der Waals surface area (Å²) < 4.78 is 29.2. The Morgan fingerprint density at radius 3 is 2.47 bits per heavy atom. The summed E-state index contributed by atoms with van der Waals surface area (Å²) >= 11 is 0. The second-order valence-corrected chi connectivity index (χ2v) is 4.07. The number of carbonyl (C=O) groups excluding carboxylic acids is 1. The van der Waals surface area contributed by atoms with Gasteiger partial charge in [0.1, 0.15) is 0 Å². The number of rotatable bonds is 4. The number of hydrogen-bond donors (Lipinski definition) is 0. The first-order valence-corrected chi connectivity index (χ1v) is 5.23. The topological polar surface area (TPSA) is 29.5 Å². The van der Waals surface area contributed by atoms with E-state index in [9.17, 15) is 13.6 Å². The van der Waals surface area contributed by atoms with E-state index in [1.807, 2.05) is 4.90 Å². The minimum absolute atomic E-state index is 0.135. The first-order valence-electron chi connectivity index (χ1n) is 5.23. The van der Waals surface area contributed by atoms with E-state index in [1.54, 1.807) is 0 Å². The summed E-state index contributed by atoms with van der Waals surface area (Å²) in [5.74, 6) is -3.49. The Balaban J connectivity index is 2.17. The SMILES string of the molecule is CC(F)(F)COC(=O)CN1CCCCC1. The van der Waals surface area contributed by atoms with Crippen molar-refractivity contribution >= 4 is 5.97 Å². The first-order chi connectivity index (χ1) is 6.97. The summed E-state index contributed by atoms with van der Waals surface area (Å²) in [6.45, 7) is 1.77. The maximum Gasteiger partial charge on any atom is 0.320 e. The molecule has 0 unspecified atom stereocenters. The highest BCUT2D eigenvalue weighted by Gasteiger charge is 2.24. The molecule has 1 heterocycles. The summed E-state index contributed by atoms with van der Waals surface area (Å²) in [5.41, 5.74) is 0. The van der Waals surface area contributed by atoms with Gasteiger partial charge in [0, 0.05) is 6.92 Å². The number of esters is 1. The van der Waals surface area contributed by atoms with Gasteiger partial charge >= 0.3 is 5.97 Å². The molecule has 3 nitrogen and oxygen atoms in total. The van der Waals surface area contributed by atoms with Gasteiger partial charge in [0.25, 0.3) is 5.92 Å². The number of hydrogen-bond acceptors (Lipinski definition) is 3. The van der Waals surface area contributed by atoms with Gasteiger partial charge in [-0.3, -0.25) is 9.69 Å². The standard InChI is InChI=1S/C10H17F2NO2/c1-10(11,12)8-15-9(14)7-13-5-3-2-4-6-13/h2-8H2,1H3. The number of piperidine rings is 1. The quantitative estimate of drug-likeness (QED) is 0.676. The van der Waals surface area contributed by atoms with Crippen LogP contribution in [0.2, 0.25) is 0 Å². The zero-order chi connectivity index (χ0) is 11.3. The maximum absolute atomic E-state index is 12.4. The Hall–Kier alpha value is -0.710. The molecule has 1 rings (SSSR count). The second kappa shape index (κ2) is 5.39. The van der Waals surface area contributed by atoms with Crippen molar-refractivity contribution in [2.75, 3.05) is 26.2 Å². The second-order valence-electron chi connectivity index (χ2n) is 4.07. The zero-order valence-electron chi connectivity index (χ0n) is 8.97. The maximum atomic E-state index is 12.4. The predicted molar refractivity (Wildman–Crippen MR) is 51.9 cm³/mol. The van der Waals surface area contributed by atoms with E-state index in [2.05, 4.69) is 4.74 Å². The van der Waals surface area contributed by atoms with Crippen LogP contribution in [0.4, 0.5) is 8.78 Å². The molecule has 0 aromatic heterocycles. The Morgan fingerprint density at radius 2 is 1.93 bits per heavy atom. The summed E-state index contributed by atoms with van der Waals surface area (Å²) in [4.78, 5) is 13.1. The number of alkyl halides is 2. The van der Waals surface area contributed by atoms with E-state index in [-0.39, 0.29) is 6.54 Å². The van der Waals surface area contributed by atoms with E-state index in [0.29, 0.717) is 0 Å². The van der Waals surface area contributed by atoms with Crippen molar-refractivity contribution in [2.45, 2.75) is 32.1 Å². The van der Waals surface area contributed by atoms with E-state index in [0.717, 1.165) is 32.9 Å². The number of nitrogens with zero attached hydrogens (tertiary/aromatic N) is 1. The minimum atomic E-state index is -2.93. The van der Waals surface area contributed by atoms with Crippen molar-refractivity contribution in [3.05, 3.63) is 0 Å². The third kappa shape index (κ3) is 5.67. The van der Waals surface area contributed by atoms with Gasteiger partial charge in [-0.25, -0.2) is 8.78 Å². The van der Waals surface area contributed by atoms with Crippen LogP contribution in [0.3, 0.4) is 0 Å². The smallest absolute Gasteiger partial charge is 0.320 e. The fourth-order valence-corrected chi connectivity index (χ4v) is 1.55. The third-order valence-electron chi connectivity index (χ3n) is 2.29. The molecule has 0 saturated carbocycles. The van der Waals surface area contributed by atoms with Gasteiger partial charge < -0.3 is 4.74 Å². The molecule has 0 atom stereocenters. The molecule has 1 fully saturated rings. The molecule has 1 aliphatic heterocycles. The molecule has 0 aromatic rings. The highest BCUT2D eigenvalue weighted by Crippen LogP contribution is 2.12. The number of halogens is 2. The van der Waals surface area contributed by atoms with Gasteiger partial charge in [-0.05, 0) is 25.9 Å². The van der Waals surface area contributed by atoms with Gasteiger partial charge in [-0.1, -0.05) is 6.42 Å². The third-order valence-corrected chi connectivity index (χ3v) is 2.29. The van der Waals surface area contributed by atoms with Crippen LogP contribution in [0.25, 0.3) is 0 Å². The van der Waals surface area contributed by atoms with Gasteiger partial charge in [-0.2, -0.15) is 0 Å². The van der Waals surface area contributed by atoms with Crippen LogP contribution in [0.1, 0.15) is 26.2 Å². The number of ether oxygens (including phenoxy) is 1. The van der Waals surface area contributed by atoms with E-state index in [1.165, 1.54) is 6.42 Å². The van der Waals surface area contributed by atoms with Gasteiger partial charge in [0.2, 0.25) is 0 Å². The zero-order valence-corrected chi connectivity index (χ0v) is 8.97. The van der Waals surface area contributed by atoms with Gasteiger partial charge in [-0.15, -0.1) is 0 Å². The molecular formula is C10H17F2NO2. The Labute approximate surface area is 88.4 Å². The molecule has 1 saturated heterocycles. The lowest BCUT2D eigenvalue weighted by molar-refractivity contribution is -0.155. The van der Waals surface area contributed by atoms with Crippen molar-refractivity contribution < 1.29 is 18.3 Å². The highest BCUT2D eigenvalue weighted by atomic mass is 19.3. The van der Waals surface area contributed by atoms with Crippen molar-refractivity contribution in [2.24, 2.45) is 0 Å². The summed E-state index contributed by atoms with van der Waals surface area (Å²) in [5, 5.41) is 0. The van der Waals surface area contributed by atoms with Crippen molar-refractivity contribution in [3.8, 4) is 0 Å². The van der Waals surface area contributed by atoms with Crippen molar-refractivity contribution in [3.63, 3.8) is 0 Å². The van der Waals surface area contributed by atoms with Crippen LogP contribution in [0, 0.1) is 0 Å². The average molecular weight is 221 g/mol. The van der Waals surface area contributed by atoms with Crippen molar-refractivity contribution in [1.29, 1.82) is 0 Å². The first kappa shape index (κ1) is 12.4. The molecule has 5 heteroatoms. The van der Waals surface area contributed by atoms with Crippen molar-refractivity contribution in [1.82, 2.24) is 4.90 Å². The molecule has 88 valence electrons. The molecule has 0 aliphatic carbocycles. The molecule has 0 aromatic carbocycles. The monoisotopic (exact) mass is 221 g/mol. The molecule has 0 radical (unpaired) electrons. The fourth-order valence-electron chi connectivity index (χ4n) is 1.55. The van der Waals surface area contributed by atoms with Crippen LogP contribution in [-0.2, 0) is 9.53 Å². The lowest BCUT2D eigenvalue weighted by Gasteiger charge is -2.25. The van der Waals surface area contributed by atoms with E-state index < -0.39 is 18.5 Å². The average Bonchev–Trinajstić information content (AvgIpc) is 2.15. The summed E-state index contributed by atoms with van der Waals surface area (Å²) in [6.07, 6.45) is 3.31. The summed E-state index contributed by atoms with van der Waals surface area (Å²) in [6, 6.07) is 0. The van der Waals surface area contributed by atoms with Crippen LogP contribution in [0.15, 0.2) is 0 Å². The number of likely N-dealkylation sites (tertiary alicyclic amines) is 1. The summed E-state index contributed by atoms with van der Waals surface area (Å²) in [7, 11) is 0. The highest BCUT2D eigenvalue weighted by molar-refractivity contribution is 5.71.